The molecule has 17 heavy (non-hydrogen) atoms. The van der Waals surface area contributed by atoms with E-state index in [2.05, 4.69) is 27.3 Å². The number of hydrogen-bond donors (Lipinski definition) is 1. The number of rotatable bonds is 4. The summed E-state index contributed by atoms with van der Waals surface area (Å²) in [5, 5.41) is 7.51. The van der Waals surface area contributed by atoms with Crippen molar-refractivity contribution in [3.63, 3.8) is 0 Å². The molecule has 0 saturated heterocycles. The molecule has 1 fully saturated rings. The lowest BCUT2D eigenvalue weighted by molar-refractivity contribution is 0.693. The zero-order valence-corrected chi connectivity index (χ0v) is 9.74. The van der Waals surface area contributed by atoms with E-state index in [9.17, 15) is 0 Å². The summed E-state index contributed by atoms with van der Waals surface area (Å²) in [4.78, 5) is 8.25. The van der Waals surface area contributed by atoms with E-state index >= 15 is 0 Å². The number of anilines is 1. The van der Waals surface area contributed by atoms with Crippen LogP contribution in [0.15, 0.2) is 31.0 Å². The van der Waals surface area contributed by atoms with Crippen LogP contribution >= 0.6 is 0 Å². The van der Waals surface area contributed by atoms with Gasteiger partial charge in [-0.2, -0.15) is 5.10 Å². The van der Waals surface area contributed by atoms with E-state index in [1.807, 2.05) is 18.3 Å². The molecule has 2 heterocycles. The second kappa shape index (κ2) is 4.16. The largest absolute Gasteiger partial charge is 0.381 e. The Hall–Kier alpha value is -1.91. The van der Waals surface area contributed by atoms with Crippen LogP contribution in [-0.4, -0.2) is 25.8 Å². The molecule has 5 nitrogen and oxygen atoms in total. The summed E-state index contributed by atoms with van der Waals surface area (Å²) in [5.41, 5.74) is 1.06. The van der Waals surface area contributed by atoms with Crippen LogP contribution in [0.4, 0.5) is 5.69 Å². The van der Waals surface area contributed by atoms with Crippen molar-refractivity contribution in [2.24, 2.45) is 5.92 Å². The summed E-state index contributed by atoms with van der Waals surface area (Å²) < 4.78 is 1.65. The van der Waals surface area contributed by atoms with Gasteiger partial charge < -0.3 is 5.32 Å². The summed E-state index contributed by atoms with van der Waals surface area (Å²) in [6, 6.07) is 4.51. The van der Waals surface area contributed by atoms with Crippen molar-refractivity contribution in [3.8, 4) is 5.82 Å². The van der Waals surface area contributed by atoms with Crippen molar-refractivity contribution in [1.29, 1.82) is 0 Å². The molecule has 0 radical (unpaired) electrons. The molecule has 1 unspecified atom stereocenters. The van der Waals surface area contributed by atoms with E-state index in [-0.39, 0.29) is 0 Å². The summed E-state index contributed by atoms with van der Waals surface area (Å²) in [6.45, 7) is 2.23. The van der Waals surface area contributed by atoms with Gasteiger partial charge in [0.05, 0.1) is 11.9 Å². The molecule has 1 N–H and O–H groups in total. The van der Waals surface area contributed by atoms with Crippen LogP contribution in [-0.2, 0) is 0 Å². The molecule has 1 aliphatic rings. The fourth-order valence-electron chi connectivity index (χ4n) is 1.91. The Morgan fingerprint density at radius 2 is 2.29 bits per heavy atom. The monoisotopic (exact) mass is 229 g/mol. The number of nitrogens with zero attached hydrogens (tertiary/aromatic N) is 4. The molecule has 1 aliphatic carbocycles. The average Bonchev–Trinajstić information content (AvgIpc) is 3.07. The van der Waals surface area contributed by atoms with Crippen LogP contribution < -0.4 is 5.32 Å². The Labute approximate surface area is 99.9 Å². The van der Waals surface area contributed by atoms with Crippen molar-refractivity contribution < 1.29 is 0 Å². The molecule has 0 aliphatic heterocycles. The zero-order chi connectivity index (χ0) is 11.7. The van der Waals surface area contributed by atoms with Gasteiger partial charge in [0.25, 0.3) is 0 Å². The molecular formula is C12H15N5. The van der Waals surface area contributed by atoms with Gasteiger partial charge in [0, 0.05) is 6.04 Å². The molecule has 0 bridgehead atoms. The minimum Gasteiger partial charge on any atom is -0.381 e. The average molecular weight is 229 g/mol. The maximum atomic E-state index is 4.35. The minimum absolute atomic E-state index is 0.536. The van der Waals surface area contributed by atoms with Gasteiger partial charge in [-0.25, -0.2) is 14.6 Å². The topological polar surface area (TPSA) is 55.6 Å². The molecule has 2 aromatic heterocycles. The Morgan fingerprint density at radius 3 is 2.88 bits per heavy atom. The van der Waals surface area contributed by atoms with Gasteiger partial charge in [-0.1, -0.05) is 0 Å². The van der Waals surface area contributed by atoms with Crippen molar-refractivity contribution in [1.82, 2.24) is 19.7 Å². The second-order valence-corrected chi connectivity index (χ2v) is 4.52. The highest BCUT2D eigenvalue weighted by molar-refractivity contribution is 5.44. The predicted molar refractivity (Wildman–Crippen MR) is 65.0 cm³/mol. The van der Waals surface area contributed by atoms with Crippen molar-refractivity contribution in [2.75, 3.05) is 5.32 Å². The third-order valence-electron chi connectivity index (χ3n) is 3.12. The molecule has 3 rings (SSSR count). The summed E-state index contributed by atoms with van der Waals surface area (Å²) >= 11 is 0. The first-order chi connectivity index (χ1) is 8.33. The SMILES string of the molecule is CC(Nc1ccc(-n2cncn2)nc1)C1CC1. The highest BCUT2D eigenvalue weighted by atomic mass is 15.3. The Bertz CT molecular complexity index is 472. The molecule has 1 saturated carbocycles. The lowest BCUT2D eigenvalue weighted by atomic mass is 10.2. The van der Waals surface area contributed by atoms with Gasteiger partial charge in [0.2, 0.25) is 0 Å². The summed E-state index contributed by atoms with van der Waals surface area (Å²) in [6.07, 6.45) is 7.68. The van der Waals surface area contributed by atoms with Crippen LogP contribution in [0.3, 0.4) is 0 Å². The number of hydrogen-bond acceptors (Lipinski definition) is 4. The maximum absolute atomic E-state index is 4.35. The first-order valence-electron chi connectivity index (χ1n) is 5.90. The van der Waals surface area contributed by atoms with Crippen LogP contribution in [0, 0.1) is 5.92 Å². The number of nitrogens with one attached hydrogen (secondary N) is 1. The Morgan fingerprint density at radius 1 is 1.41 bits per heavy atom. The van der Waals surface area contributed by atoms with Gasteiger partial charge in [0.15, 0.2) is 5.82 Å². The van der Waals surface area contributed by atoms with Gasteiger partial charge in [-0.15, -0.1) is 0 Å². The summed E-state index contributed by atoms with van der Waals surface area (Å²) in [5.74, 6) is 1.62. The maximum Gasteiger partial charge on any atom is 0.155 e. The standard InChI is InChI=1S/C12H15N5/c1-9(10-2-3-10)16-11-4-5-12(14-6-11)17-8-13-7-15-17/h4-10,16H,2-3H2,1H3. The number of aromatic nitrogens is 4. The predicted octanol–water partition coefficient (Wildman–Crippen LogP) is 1.87. The summed E-state index contributed by atoms with van der Waals surface area (Å²) in [7, 11) is 0. The van der Waals surface area contributed by atoms with Gasteiger partial charge in [-0.3, -0.25) is 0 Å². The minimum atomic E-state index is 0.536. The van der Waals surface area contributed by atoms with Crippen molar-refractivity contribution in [2.45, 2.75) is 25.8 Å². The smallest absolute Gasteiger partial charge is 0.155 e. The highest BCUT2D eigenvalue weighted by Gasteiger charge is 2.27. The van der Waals surface area contributed by atoms with Gasteiger partial charge in [0.1, 0.15) is 12.7 Å². The fourth-order valence-corrected chi connectivity index (χ4v) is 1.91. The first kappa shape index (κ1) is 10.3. The van der Waals surface area contributed by atoms with Crippen LogP contribution in [0.5, 0.6) is 0 Å². The molecule has 2 aromatic rings. The van der Waals surface area contributed by atoms with E-state index < -0.39 is 0 Å². The lowest BCUT2D eigenvalue weighted by Gasteiger charge is -2.13. The first-order valence-corrected chi connectivity index (χ1v) is 5.90. The number of pyridine rings is 1. The van der Waals surface area contributed by atoms with Gasteiger partial charge in [-0.05, 0) is 37.8 Å². The molecule has 0 aromatic carbocycles. The van der Waals surface area contributed by atoms with E-state index in [1.165, 1.54) is 19.2 Å². The van der Waals surface area contributed by atoms with Crippen molar-refractivity contribution in [3.05, 3.63) is 31.0 Å². The van der Waals surface area contributed by atoms with Crippen LogP contribution in [0.1, 0.15) is 19.8 Å². The van der Waals surface area contributed by atoms with E-state index in [0.717, 1.165) is 17.4 Å². The van der Waals surface area contributed by atoms with E-state index in [1.54, 1.807) is 11.0 Å². The molecule has 5 heteroatoms. The van der Waals surface area contributed by atoms with Crippen LogP contribution in [0.25, 0.3) is 5.82 Å². The Balaban J connectivity index is 1.71. The Kier molecular flexibility index (Phi) is 2.51. The molecule has 0 spiro atoms. The molecule has 0 amide bonds. The molecular weight excluding hydrogens is 214 g/mol. The third-order valence-corrected chi connectivity index (χ3v) is 3.12. The lowest BCUT2D eigenvalue weighted by Crippen LogP contribution is -2.17. The second-order valence-electron chi connectivity index (χ2n) is 4.52. The van der Waals surface area contributed by atoms with E-state index in [4.69, 9.17) is 0 Å². The third kappa shape index (κ3) is 2.27. The van der Waals surface area contributed by atoms with Gasteiger partial charge >= 0.3 is 0 Å². The van der Waals surface area contributed by atoms with Crippen LogP contribution in [0.2, 0.25) is 0 Å². The fraction of sp³-hybridized carbons (Fsp3) is 0.417. The molecule has 1 atom stereocenters. The quantitative estimate of drug-likeness (QED) is 0.869. The van der Waals surface area contributed by atoms with E-state index in [0.29, 0.717) is 6.04 Å². The zero-order valence-electron chi connectivity index (χ0n) is 9.74. The highest BCUT2D eigenvalue weighted by Crippen LogP contribution is 2.33. The molecule has 88 valence electrons. The van der Waals surface area contributed by atoms with Crippen molar-refractivity contribution >= 4 is 5.69 Å². The normalized spacial score (nSPS) is 16.8.